The monoisotopic (exact) mass is 287 g/mol. The molecule has 1 fully saturated rings. The lowest BCUT2D eigenvalue weighted by molar-refractivity contribution is -0.188. The molecular weight excluding hydrogens is 271 g/mol. The second kappa shape index (κ2) is 5.44. The second-order valence-corrected chi connectivity index (χ2v) is 5.13. The summed E-state index contributed by atoms with van der Waals surface area (Å²) in [5, 5.41) is 8.99. The fraction of sp³-hybridized carbons (Fsp3) is 0.500. The van der Waals surface area contributed by atoms with E-state index in [1.165, 1.54) is 0 Å². The van der Waals surface area contributed by atoms with Crippen molar-refractivity contribution in [2.45, 2.75) is 19.1 Å². The molecule has 110 valence electrons. The van der Waals surface area contributed by atoms with Crippen molar-refractivity contribution in [3.8, 4) is 0 Å². The van der Waals surface area contributed by atoms with E-state index in [0.717, 1.165) is 5.56 Å². The summed E-state index contributed by atoms with van der Waals surface area (Å²) in [6.45, 7) is 1.46. The Morgan fingerprint density at radius 3 is 2.35 bits per heavy atom. The van der Waals surface area contributed by atoms with Crippen LogP contribution in [0.1, 0.15) is 18.5 Å². The highest BCUT2D eigenvalue weighted by molar-refractivity contribution is 5.71. The molecule has 1 heterocycles. The Balaban J connectivity index is 2.18. The SMILES string of the molecule is CC(c1ccccc1)N1C[C@@H](C(F)(F)F)[C@H](C(=O)O)C1. The Labute approximate surface area is 115 Å². The normalized spacial score (nSPS) is 25.6. The van der Waals surface area contributed by atoms with E-state index >= 15 is 0 Å². The fourth-order valence-corrected chi connectivity index (χ4v) is 2.67. The number of carboxylic acids is 1. The van der Waals surface area contributed by atoms with Crippen LogP contribution in [0.15, 0.2) is 30.3 Å². The summed E-state index contributed by atoms with van der Waals surface area (Å²) in [4.78, 5) is 12.6. The van der Waals surface area contributed by atoms with Crippen molar-refractivity contribution in [3.05, 3.63) is 35.9 Å². The Kier molecular flexibility index (Phi) is 4.04. The molecule has 0 aliphatic carbocycles. The number of halogens is 3. The first kappa shape index (κ1) is 14.8. The second-order valence-electron chi connectivity index (χ2n) is 5.13. The number of carbonyl (C=O) groups is 1. The smallest absolute Gasteiger partial charge is 0.393 e. The molecule has 6 heteroatoms. The van der Waals surface area contributed by atoms with Crippen molar-refractivity contribution in [2.24, 2.45) is 11.8 Å². The highest BCUT2D eigenvalue weighted by atomic mass is 19.4. The van der Waals surface area contributed by atoms with Gasteiger partial charge in [-0.15, -0.1) is 0 Å². The van der Waals surface area contributed by atoms with Gasteiger partial charge in [0.1, 0.15) is 0 Å². The number of aliphatic carboxylic acids is 1. The van der Waals surface area contributed by atoms with Crippen LogP contribution in [0, 0.1) is 11.8 Å². The molecule has 1 aromatic rings. The lowest BCUT2D eigenvalue weighted by Gasteiger charge is -2.25. The molecule has 0 amide bonds. The molecule has 0 radical (unpaired) electrons. The first-order valence-corrected chi connectivity index (χ1v) is 6.39. The van der Waals surface area contributed by atoms with Crippen LogP contribution in [0.2, 0.25) is 0 Å². The van der Waals surface area contributed by atoms with Crippen molar-refractivity contribution >= 4 is 5.97 Å². The Bertz CT molecular complexity index is 475. The molecule has 1 aromatic carbocycles. The molecule has 20 heavy (non-hydrogen) atoms. The average molecular weight is 287 g/mol. The van der Waals surface area contributed by atoms with E-state index in [-0.39, 0.29) is 19.1 Å². The Morgan fingerprint density at radius 1 is 1.30 bits per heavy atom. The molecule has 0 aromatic heterocycles. The molecule has 3 atom stereocenters. The van der Waals surface area contributed by atoms with Gasteiger partial charge in [0.2, 0.25) is 0 Å². The third kappa shape index (κ3) is 2.95. The van der Waals surface area contributed by atoms with Gasteiger partial charge in [-0.3, -0.25) is 9.69 Å². The van der Waals surface area contributed by atoms with Crippen LogP contribution in [0.3, 0.4) is 0 Å². The van der Waals surface area contributed by atoms with Crippen LogP contribution in [-0.4, -0.2) is 35.2 Å². The van der Waals surface area contributed by atoms with Gasteiger partial charge < -0.3 is 5.11 Å². The molecule has 2 rings (SSSR count). The summed E-state index contributed by atoms with van der Waals surface area (Å²) in [6, 6.07) is 8.90. The van der Waals surface area contributed by atoms with Crippen molar-refractivity contribution in [3.63, 3.8) is 0 Å². The summed E-state index contributed by atoms with van der Waals surface area (Å²) in [5.74, 6) is -4.57. The van der Waals surface area contributed by atoms with Gasteiger partial charge in [0.15, 0.2) is 0 Å². The maximum Gasteiger partial charge on any atom is 0.393 e. The molecule has 1 aliphatic rings. The number of alkyl halides is 3. The number of hydrogen-bond acceptors (Lipinski definition) is 2. The molecule has 0 spiro atoms. The summed E-state index contributed by atoms with van der Waals surface area (Å²) in [6.07, 6.45) is -4.48. The zero-order valence-corrected chi connectivity index (χ0v) is 11.0. The van der Waals surface area contributed by atoms with E-state index in [1.54, 1.807) is 11.8 Å². The number of hydrogen-bond donors (Lipinski definition) is 1. The van der Waals surface area contributed by atoms with Crippen LogP contribution in [-0.2, 0) is 4.79 Å². The van der Waals surface area contributed by atoms with E-state index < -0.39 is 24.0 Å². The zero-order valence-electron chi connectivity index (χ0n) is 11.0. The maximum absolute atomic E-state index is 12.9. The first-order chi connectivity index (χ1) is 9.30. The van der Waals surface area contributed by atoms with Crippen LogP contribution >= 0.6 is 0 Å². The van der Waals surface area contributed by atoms with Gasteiger partial charge in [0, 0.05) is 19.1 Å². The van der Waals surface area contributed by atoms with Gasteiger partial charge in [0.05, 0.1) is 11.8 Å². The van der Waals surface area contributed by atoms with Gasteiger partial charge >= 0.3 is 12.1 Å². The van der Waals surface area contributed by atoms with Crippen LogP contribution in [0.4, 0.5) is 13.2 Å². The van der Waals surface area contributed by atoms with Gasteiger partial charge in [-0.05, 0) is 12.5 Å². The molecule has 0 bridgehead atoms. The van der Waals surface area contributed by atoms with Crippen molar-refractivity contribution in [2.75, 3.05) is 13.1 Å². The Morgan fingerprint density at radius 2 is 1.90 bits per heavy atom. The van der Waals surface area contributed by atoms with Gasteiger partial charge in [0.25, 0.3) is 0 Å². The quantitative estimate of drug-likeness (QED) is 0.929. The summed E-state index contributed by atoms with van der Waals surface area (Å²) >= 11 is 0. The van der Waals surface area contributed by atoms with Crippen molar-refractivity contribution in [1.29, 1.82) is 0 Å². The zero-order chi connectivity index (χ0) is 14.9. The summed E-state index contributed by atoms with van der Waals surface area (Å²) < 4.78 is 38.8. The first-order valence-electron chi connectivity index (χ1n) is 6.39. The lowest BCUT2D eigenvalue weighted by atomic mass is 9.96. The summed E-state index contributed by atoms with van der Waals surface area (Å²) in [5.41, 5.74) is 0.888. The number of carboxylic acid groups (broad SMARTS) is 1. The minimum atomic E-state index is -4.48. The average Bonchev–Trinajstić information content (AvgIpc) is 2.84. The number of nitrogens with zero attached hydrogens (tertiary/aromatic N) is 1. The summed E-state index contributed by atoms with van der Waals surface area (Å²) in [7, 11) is 0. The number of benzene rings is 1. The molecular formula is C14H16F3NO2. The third-order valence-corrected chi connectivity index (χ3v) is 3.92. The predicted molar refractivity (Wildman–Crippen MR) is 67.1 cm³/mol. The highest BCUT2D eigenvalue weighted by Gasteiger charge is 2.53. The number of likely N-dealkylation sites (tertiary alicyclic amines) is 1. The lowest BCUT2D eigenvalue weighted by Crippen LogP contribution is -2.33. The maximum atomic E-state index is 12.9. The van der Waals surface area contributed by atoms with E-state index in [9.17, 15) is 18.0 Å². The highest BCUT2D eigenvalue weighted by Crippen LogP contribution is 2.40. The standard InChI is InChI=1S/C14H16F3NO2/c1-9(10-5-3-2-4-6-10)18-7-11(13(19)20)12(8-18)14(15,16)17/h2-6,9,11-12H,7-8H2,1H3,(H,19,20)/t9?,11-,12-/m1/s1. The van der Waals surface area contributed by atoms with Crippen molar-refractivity contribution < 1.29 is 23.1 Å². The number of rotatable bonds is 3. The van der Waals surface area contributed by atoms with Gasteiger partial charge in [-0.1, -0.05) is 30.3 Å². The van der Waals surface area contributed by atoms with Crippen LogP contribution in [0.5, 0.6) is 0 Å². The van der Waals surface area contributed by atoms with E-state index in [4.69, 9.17) is 5.11 Å². The van der Waals surface area contributed by atoms with E-state index in [0.29, 0.717) is 0 Å². The van der Waals surface area contributed by atoms with E-state index in [2.05, 4.69) is 0 Å². The molecule has 1 unspecified atom stereocenters. The molecule has 1 aliphatic heterocycles. The van der Waals surface area contributed by atoms with Crippen LogP contribution in [0.25, 0.3) is 0 Å². The largest absolute Gasteiger partial charge is 0.481 e. The predicted octanol–water partition coefficient (Wildman–Crippen LogP) is 2.94. The van der Waals surface area contributed by atoms with Gasteiger partial charge in [-0.2, -0.15) is 13.2 Å². The molecule has 1 N–H and O–H groups in total. The Hall–Kier alpha value is -1.56. The van der Waals surface area contributed by atoms with Crippen molar-refractivity contribution in [1.82, 2.24) is 4.90 Å². The minimum Gasteiger partial charge on any atom is -0.481 e. The molecule has 3 nitrogen and oxygen atoms in total. The minimum absolute atomic E-state index is 0.0738. The third-order valence-electron chi connectivity index (χ3n) is 3.92. The van der Waals surface area contributed by atoms with E-state index in [1.807, 2.05) is 30.3 Å². The fourth-order valence-electron chi connectivity index (χ4n) is 2.67. The topological polar surface area (TPSA) is 40.5 Å². The van der Waals surface area contributed by atoms with Crippen LogP contribution < -0.4 is 0 Å². The molecule has 1 saturated heterocycles. The van der Waals surface area contributed by atoms with Gasteiger partial charge in [-0.25, -0.2) is 0 Å². The molecule has 0 saturated carbocycles.